The molecule has 0 aliphatic carbocycles. The van der Waals surface area contributed by atoms with Gasteiger partial charge in [0.1, 0.15) is 16.7 Å². The van der Waals surface area contributed by atoms with Gasteiger partial charge in [-0.3, -0.25) is 25.7 Å². The molecule has 3 aromatic rings. The van der Waals surface area contributed by atoms with Gasteiger partial charge in [-0.15, -0.1) is 5.10 Å². The molecular formula is C13H10N8O4. The number of hydrogen-bond donors (Lipinski definition) is 2. The van der Waals surface area contributed by atoms with Crippen LogP contribution >= 0.6 is 0 Å². The van der Waals surface area contributed by atoms with E-state index >= 15 is 0 Å². The Bertz CT molecular complexity index is 1010. The van der Waals surface area contributed by atoms with E-state index in [1.54, 1.807) is 18.2 Å². The Morgan fingerprint density at radius 1 is 1.16 bits per heavy atom. The lowest BCUT2D eigenvalue weighted by Crippen LogP contribution is -2.09. The van der Waals surface area contributed by atoms with Crippen LogP contribution in [0.4, 0.5) is 17.1 Å². The second kappa shape index (κ2) is 6.19. The van der Waals surface area contributed by atoms with Gasteiger partial charge in [0, 0.05) is 6.07 Å². The van der Waals surface area contributed by atoms with Crippen LogP contribution in [-0.4, -0.2) is 31.2 Å². The van der Waals surface area contributed by atoms with Crippen molar-refractivity contribution in [1.29, 1.82) is 0 Å². The van der Waals surface area contributed by atoms with Gasteiger partial charge >= 0.3 is 5.69 Å². The zero-order chi connectivity index (χ0) is 18.0. The van der Waals surface area contributed by atoms with E-state index in [1.807, 2.05) is 0 Å². The largest absolute Gasteiger partial charge is 0.321 e. The highest BCUT2D eigenvalue weighted by molar-refractivity contribution is 5.87. The molecule has 0 bridgehead atoms. The number of hydrogen-bond acceptors (Lipinski definition) is 9. The van der Waals surface area contributed by atoms with E-state index in [9.17, 15) is 20.2 Å². The Labute approximate surface area is 138 Å². The van der Waals surface area contributed by atoms with Gasteiger partial charge in [-0.25, -0.2) is 0 Å². The molecule has 0 spiro atoms. The molecule has 2 aromatic carbocycles. The lowest BCUT2D eigenvalue weighted by atomic mass is 10.2. The van der Waals surface area contributed by atoms with E-state index in [0.717, 1.165) is 16.9 Å². The Morgan fingerprint density at radius 3 is 2.68 bits per heavy atom. The number of benzene rings is 2. The molecule has 0 radical (unpaired) electrons. The van der Waals surface area contributed by atoms with E-state index in [0.29, 0.717) is 16.6 Å². The summed E-state index contributed by atoms with van der Waals surface area (Å²) in [6.45, 7) is 0. The van der Waals surface area contributed by atoms with Crippen LogP contribution in [0, 0.1) is 20.2 Å². The van der Waals surface area contributed by atoms with Gasteiger partial charge in [0.15, 0.2) is 0 Å². The number of anilines is 1. The first kappa shape index (κ1) is 15.8. The summed E-state index contributed by atoms with van der Waals surface area (Å²) in [6, 6.07) is 8.33. The second-order valence-corrected chi connectivity index (χ2v) is 4.87. The summed E-state index contributed by atoms with van der Waals surface area (Å²) in [5.41, 5.74) is 3.56. The fourth-order valence-corrected chi connectivity index (χ4v) is 2.09. The van der Waals surface area contributed by atoms with Crippen molar-refractivity contribution in [3.8, 4) is 0 Å². The molecule has 0 saturated heterocycles. The van der Waals surface area contributed by atoms with Crippen LogP contribution in [0.5, 0.6) is 0 Å². The Kier molecular flexibility index (Phi) is 3.91. The Hall–Kier alpha value is -4.09. The third-order valence-corrected chi connectivity index (χ3v) is 3.28. The molecule has 0 fully saturated rings. The van der Waals surface area contributed by atoms with Gasteiger partial charge in [-0.05, 0) is 29.0 Å². The summed E-state index contributed by atoms with van der Waals surface area (Å²) in [5.74, 6) is 5.57. The van der Waals surface area contributed by atoms with Gasteiger partial charge < -0.3 is 5.84 Å². The summed E-state index contributed by atoms with van der Waals surface area (Å²) in [4.78, 5) is 21.4. The fourth-order valence-electron chi connectivity index (χ4n) is 2.09. The van der Waals surface area contributed by atoms with Crippen LogP contribution in [0.2, 0.25) is 0 Å². The molecule has 1 heterocycles. The van der Waals surface area contributed by atoms with Crippen LogP contribution in [-0.2, 0) is 0 Å². The molecular weight excluding hydrogens is 332 g/mol. The van der Waals surface area contributed by atoms with Crippen LogP contribution in [0.3, 0.4) is 0 Å². The maximum atomic E-state index is 11.0. The molecule has 3 N–H and O–H groups in total. The van der Waals surface area contributed by atoms with Gasteiger partial charge in [0.05, 0.1) is 22.1 Å². The lowest BCUT2D eigenvalue weighted by Gasteiger charge is -2.02. The van der Waals surface area contributed by atoms with Crippen molar-refractivity contribution in [3.63, 3.8) is 0 Å². The zero-order valence-electron chi connectivity index (χ0n) is 12.4. The average Bonchev–Trinajstić information content (AvgIpc) is 2.95. The highest BCUT2D eigenvalue weighted by atomic mass is 16.6. The molecule has 0 aliphatic rings. The summed E-state index contributed by atoms with van der Waals surface area (Å²) in [5, 5.41) is 33.2. The molecule has 25 heavy (non-hydrogen) atoms. The minimum Gasteiger partial charge on any atom is -0.321 e. The maximum Gasteiger partial charge on any atom is 0.301 e. The molecule has 12 nitrogen and oxygen atoms in total. The smallest absolute Gasteiger partial charge is 0.301 e. The predicted octanol–water partition coefficient (Wildman–Crippen LogP) is 1.41. The quantitative estimate of drug-likeness (QED) is 0.303. The summed E-state index contributed by atoms with van der Waals surface area (Å²) >= 11 is 0. The number of nitrogens with one attached hydrogen (secondary N) is 1. The number of rotatable bonds is 5. The number of nitrogens with two attached hydrogens (primary N) is 1. The summed E-state index contributed by atoms with van der Waals surface area (Å²) in [7, 11) is 0. The van der Waals surface area contributed by atoms with Crippen molar-refractivity contribution in [2.75, 3.05) is 11.3 Å². The maximum absolute atomic E-state index is 11.0. The summed E-state index contributed by atoms with van der Waals surface area (Å²) < 4.78 is 0. The van der Waals surface area contributed by atoms with E-state index in [1.165, 1.54) is 12.3 Å². The highest BCUT2D eigenvalue weighted by Gasteiger charge is 2.19. The van der Waals surface area contributed by atoms with Crippen molar-refractivity contribution in [2.24, 2.45) is 5.10 Å². The third-order valence-electron chi connectivity index (χ3n) is 3.28. The molecule has 12 heteroatoms. The normalized spacial score (nSPS) is 11.0. The van der Waals surface area contributed by atoms with Crippen LogP contribution in [0.1, 0.15) is 5.56 Å². The van der Waals surface area contributed by atoms with E-state index in [-0.39, 0.29) is 11.4 Å². The van der Waals surface area contributed by atoms with Gasteiger partial charge in [0.25, 0.3) is 5.69 Å². The first-order chi connectivity index (χ1) is 12.0. The molecule has 0 unspecified atom stereocenters. The molecule has 126 valence electrons. The van der Waals surface area contributed by atoms with Crippen LogP contribution in [0.25, 0.3) is 11.0 Å². The zero-order valence-corrected chi connectivity index (χ0v) is 12.4. The standard InChI is InChI=1S/C13H10N8O4/c14-19-12-4-1-8(5-11(12)17-18-19)7-15-16-10-3-2-9(20(22)23)6-13(10)21(24)25/h1-7,16H,14H2/b15-7+. The predicted molar refractivity (Wildman–Crippen MR) is 88.6 cm³/mol. The minimum atomic E-state index is -0.726. The van der Waals surface area contributed by atoms with Crippen molar-refractivity contribution < 1.29 is 9.85 Å². The number of nitrogens with zero attached hydrogens (tertiary/aromatic N) is 6. The van der Waals surface area contributed by atoms with Gasteiger partial charge in [-0.2, -0.15) is 9.89 Å². The second-order valence-electron chi connectivity index (χ2n) is 4.87. The Balaban J connectivity index is 1.83. The molecule has 0 aliphatic heterocycles. The Morgan fingerprint density at radius 2 is 1.96 bits per heavy atom. The molecule has 0 saturated carbocycles. The van der Waals surface area contributed by atoms with Crippen molar-refractivity contribution in [3.05, 3.63) is 62.2 Å². The van der Waals surface area contributed by atoms with Gasteiger partial charge in [0.2, 0.25) is 0 Å². The first-order valence-electron chi connectivity index (χ1n) is 6.78. The van der Waals surface area contributed by atoms with Crippen molar-refractivity contribution in [2.45, 2.75) is 0 Å². The number of hydrazone groups is 1. The van der Waals surface area contributed by atoms with Crippen molar-refractivity contribution >= 4 is 34.3 Å². The third kappa shape index (κ3) is 3.17. The molecule has 1 aromatic heterocycles. The molecule has 0 amide bonds. The summed E-state index contributed by atoms with van der Waals surface area (Å²) in [6.07, 6.45) is 1.42. The number of non-ortho nitro benzene ring substituents is 1. The van der Waals surface area contributed by atoms with Crippen LogP contribution < -0.4 is 11.3 Å². The number of fused-ring (bicyclic) bond motifs is 1. The van der Waals surface area contributed by atoms with Crippen molar-refractivity contribution in [1.82, 2.24) is 15.1 Å². The molecule has 0 atom stereocenters. The fraction of sp³-hybridized carbons (Fsp3) is 0. The molecule has 3 rings (SSSR count). The van der Waals surface area contributed by atoms with E-state index in [4.69, 9.17) is 5.84 Å². The number of nitrogen functional groups attached to an aromatic ring is 1. The first-order valence-corrected chi connectivity index (χ1v) is 6.78. The van der Waals surface area contributed by atoms with Gasteiger partial charge in [-0.1, -0.05) is 6.07 Å². The number of aromatic nitrogens is 3. The highest BCUT2D eigenvalue weighted by Crippen LogP contribution is 2.28. The monoisotopic (exact) mass is 342 g/mol. The van der Waals surface area contributed by atoms with Crippen LogP contribution in [0.15, 0.2) is 41.5 Å². The van der Waals surface area contributed by atoms with E-state index in [2.05, 4.69) is 20.8 Å². The average molecular weight is 342 g/mol. The SMILES string of the molecule is Nn1nnc2cc(/C=N/Nc3ccc([N+](=O)[O-])cc3[N+](=O)[O-])ccc21. The minimum absolute atomic E-state index is 0.0285. The topological polar surface area (TPSA) is 167 Å². The lowest BCUT2D eigenvalue weighted by molar-refractivity contribution is -0.393. The van der Waals surface area contributed by atoms with E-state index < -0.39 is 15.5 Å². The number of nitro groups is 2. The number of nitro benzene ring substituents is 2.